The third-order valence-corrected chi connectivity index (χ3v) is 4.96. The monoisotopic (exact) mass is 339 g/mol. The largest absolute Gasteiger partial charge is 0.372 e. The molecule has 1 aromatic rings. The molecule has 5 nitrogen and oxygen atoms in total. The van der Waals surface area contributed by atoms with E-state index in [0.717, 1.165) is 12.3 Å². The van der Waals surface area contributed by atoms with Gasteiger partial charge in [-0.15, -0.1) is 11.8 Å². The minimum absolute atomic E-state index is 0.0743. The van der Waals surface area contributed by atoms with Crippen molar-refractivity contribution in [1.82, 2.24) is 4.90 Å². The highest BCUT2D eigenvalue weighted by Gasteiger charge is 2.24. The first kappa shape index (κ1) is 16.4. The lowest BCUT2D eigenvalue weighted by Gasteiger charge is -2.37. The summed E-state index contributed by atoms with van der Waals surface area (Å²) in [6.07, 6.45) is 0.149. The molecule has 2 amide bonds. The number of hydrogen-bond acceptors (Lipinski definition) is 4. The minimum Gasteiger partial charge on any atom is -0.372 e. The summed E-state index contributed by atoms with van der Waals surface area (Å²) in [7, 11) is 0. The maximum Gasteiger partial charge on any atom is 0.322 e. The van der Waals surface area contributed by atoms with Crippen LogP contribution in [-0.4, -0.2) is 54.4 Å². The van der Waals surface area contributed by atoms with E-state index in [4.69, 9.17) is 4.74 Å². The third-order valence-electron chi connectivity index (χ3n) is 4.00. The first-order valence-electron chi connectivity index (χ1n) is 7.86. The maximum atomic E-state index is 14.5. The molecule has 126 valence electrons. The number of hydrogen-bond donors (Lipinski definition) is 1. The van der Waals surface area contributed by atoms with Gasteiger partial charge in [0.15, 0.2) is 0 Å². The van der Waals surface area contributed by atoms with Gasteiger partial charge in [0, 0.05) is 31.1 Å². The molecule has 2 aliphatic heterocycles. The van der Waals surface area contributed by atoms with Gasteiger partial charge in [0.2, 0.25) is 0 Å². The van der Waals surface area contributed by atoms with Crippen LogP contribution in [0.1, 0.15) is 13.8 Å². The molecule has 1 N–H and O–H groups in total. The van der Waals surface area contributed by atoms with Crippen LogP contribution >= 0.6 is 11.8 Å². The van der Waals surface area contributed by atoms with Gasteiger partial charge < -0.3 is 19.9 Å². The van der Waals surface area contributed by atoms with E-state index in [9.17, 15) is 9.18 Å². The molecule has 0 radical (unpaired) electrons. The normalized spacial score (nSPS) is 24.8. The van der Waals surface area contributed by atoms with Crippen LogP contribution < -0.4 is 10.2 Å². The summed E-state index contributed by atoms with van der Waals surface area (Å²) in [4.78, 5) is 15.8. The number of rotatable bonds is 2. The fourth-order valence-electron chi connectivity index (χ4n) is 2.99. The van der Waals surface area contributed by atoms with Gasteiger partial charge in [-0.3, -0.25) is 0 Å². The molecule has 0 saturated carbocycles. The maximum absolute atomic E-state index is 14.5. The van der Waals surface area contributed by atoms with Crippen molar-refractivity contribution < 1.29 is 13.9 Å². The Kier molecular flexibility index (Phi) is 4.96. The Morgan fingerprint density at radius 2 is 2.09 bits per heavy atom. The molecule has 2 aliphatic rings. The Bertz CT molecular complexity index is 570. The lowest BCUT2D eigenvalue weighted by atomic mass is 10.2. The van der Waals surface area contributed by atoms with Gasteiger partial charge in [0.25, 0.3) is 0 Å². The fraction of sp³-hybridized carbons (Fsp3) is 0.562. The van der Waals surface area contributed by atoms with E-state index in [-0.39, 0.29) is 24.1 Å². The zero-order valence-electron chi connectivity index (χ0n) is 13.4. The lowest BCUT2D eigenvalue weighted by Crippen LogP contribution is -2.45. The molecule has 0 aromatic heterocycles. The Morgan fingerprint density at radius 3 is 2.70 bits per heavy atom. The average molecular weight is 339 g/mol. The van der Waals surface area contributed by atoms with Crippen LogP contribution in [0.15, 0.2) is 18.2 Å². The van der Waals surface area contributed by atoms with Crippen LogP contribution in [0.3, 0.4) is 0 Å². The van der Waals surface area contributed by atoms with Gasteiger partial charge in [0.1, 0.15) is 5.82 Å². The number of benzene rings is 1. The van der Waals surface area contributed by atoms with Crippen molar-refractivity contribution in [2.45, 2.75) is 26.1 Å². The highest BCUT2D eigenvalue weighted by Crippen LogP contribution is 2.26. The molecule has 2 heterocycles. The van der Waals surface area contributed by atoms with Crippen LogP contribution in [0.25, 0.3) is 0 Å². The van der Waals surface area contributed by atoms with Crippen LogP contribution in [0, 0.1) is 5.82 Å². The zero-order chi connectivity index (χ0) is 16.4. The topological polar surface area (TPSA) is 44.8 Å². The van der Waals surface area contributed by atoms with Gasteiger partial charge in [-0.05, 0) is 32.0 Å². The molecule has 2 fully saturated rings. The molecule has 0 bridgehead atoms. The van der Waals surface area contributed by atoms with Gasteiger partial charge >= 0.3 is 6.03 Å². The second-order valence-electron chi connectivity index (χ2n) is 6.06. The Hall–Kier alpha value is -1.47. The van der Waals surface area contributed by atoms with Crippen molar-refractivity contribution in [2.75, 3.05) is 41.5 Å². The summed E-state index contributed by atoms with van der Waals surface area (Å²) in [6.45, 7) is 6.04. The van der Waals surface area contributed by atoms with Gasteiger partial charge in [-0.25, -0.2) is 9.18 Å². The van der Waals surface area contributed by atoms with Gasteiger partial charge in [-0.1, -0.05) is 0 Å². The molecule has 0 unspecified atom stereocenters. The van der Waals surface area contributed by atoms with Crippen molar-refractivity contribution in [2.24, 2.45) is 0 Å². The summed E-state index contributed by atoms with van der Waals surface area (Å²) in [5.41, 5.74) is 1.05. The fourth-order valence-corrected chi connectivity index (χ4v) is 3.94. The average Bonchev–Trinajstić information content (AvgIpc) is 3.00. The number of amides is 2. The number of urea groups is 1. The number of ether oxygens (including phenoxy) is 1. The predicted molar refractivity (Wildman–Crippen MR) is 91.7 cm³/mol. The van der Waals surface area contributed by atoms with Crippen molar-refractivity contribution in [1.29, 1.82) is 0 Å². The number of carbonyl (C=O) groups excluding carboxylic acids is 1. The standard InChI is InChI=1S/C16H22FN3O2S/c1-11-8-20(9-12(2)22-11)15-4-3-13(7-14(15)17)18-16(21)19-5-6-23-10-19/h3-4,7,11-12H,5-6,8-10H2,1-2H3,(H,18,21)/t11-,12+. The van der Waals surface area contributed by atoms with Crippen molar-refractivity contribution in [3.63, 3.8) is 0 Å². The second-order valence-corrected chi connectivity index (χ2v) is 7.13. The van der Waals surface area contributed by atoms with E-state index >= 15 is 0 Å². The number of thioether (sulfide) groups is 1. The van der Waals surface area contributed by atoms with E-state index in [1.165, 1.54) is 6.07 Å². The molecule has 2 saturated heterocycles. The lowest BCUT2D eigenvalue weighted by molar-refractivity contribution is -0.00539. The quantitative estimate of drug-likeness (QED) is 0.900. The first-order chi connectivity index (χ1) is 11.0. The van der Waals surface area contributed by atoms with Crippen molar-refractivity contribution in [3.8, 4) is 0 Å². The molecule has 0 aliphatic carbocycles. The summed E-state index contributed by atoms with van der Waals surface area (Å²) in [5.74, 6) is 1.32. The van der Waals surface area contributed by atoms with E-state index in [1.807, 2.05) is 18.7 Å². The molecule has 23 heavy (non-hydrogen) atoms. The Morgan fingerprint density at radius 1 is 1.35 bits per heavy atom. The van der Waals surface area contributed by atoms with E-state index in [0.29, 0.717) is 30.3 Å². The van der Waals surface area contributed by atoms with Crippen molar-refractivity contribution in [3.05, 3.63) is 24.0 Å². The smallest absolute Gasteiger partial charge is 0.322 e. The van der Waals surface area contributed by atoms with Gasteiger partial charge in [-0.2, -0.15) is 0 Å². The van der Waals surface area contributed by atoms with E-state index in [2.05, 4.69) is 5.32 Å². The molecule has 0 spiro atoms. The summed E-state index contributed by atoms with van der Waals surface area (Å²) >= 11 is 1.72. The molecular formula is C16H22FN3O2S. The summed E-state index contributed by atoms with van der Waals surface area (Å²) < 4.78 is 20.1. The van der Waals surface area contributed by atoms with Crippen LogP contribution in [0.2, 0.25) is 0 Å². The minimum atomic E-state index is -0.320. The number of anilines is 2. The zero-order valence-corrected chi connectivity index (χ0v) is 14.2. The summed E-state index contributed by atoms with van der Waals surface area (Å²) in [5, 5.41) is 2.76. The number of morpholine rings is 1. The van der Waals surface area contributed by atoms with Crippen LogP contribution in [0.4, 0.5) is 20.6 Å². The summed E-state index contributed by atoms with van der Waals surface area (Å²) in [6, 6.07) is 4.70. The van der Waals surface area contributed by atoms with E-state index < -0.39 is 0 Å². The Labute approximate surface area is 140 Å². The molecule has 7 heteroatoms. The van der Waals surface area contributed by atoms with Crippen molar-refractivity contribution >= 4 is 29.2 Å². The first-order valence-corrected chi connectivity index (χ1v) is 9.02. The number of nitrogens with zero attached hydrogens (tertiary/aromatic N) is 2. The van der Waals surface area contributed by atoms with Crippen LogP contribution in [0.5, 0.6) is 0 Å². The second kappa shape index (κ2) is 6.97. The number of carbonyl (C=O) groups is 1. The molecular weight excluding hydrogens is 317 g/mol. The van der Waals surface area contributed by atoms with Gasteiger partial charge in [0.05, 0.1) is 23.8 Å². The highest BCUT2D eigenvalue weighted by atomic mass is 32.2. The molecule has 3 rings (SSSR count). The molecule has 1 aromatic carbocycles. The molecule has 2 atom stereocenters. The number of halogens is 1. The highest BCUT2D eigenvalue weighted by molar-refractivity contribution is 7.99. The van der Waals surface area contributed by atoms with E-state index in [1.54, 1.807) is 28.8 Å². The number of nitrogens with one attached hydrogen (secondary N) is 1. The third kappa shape index (κ3) is 3.90. The van der Waals surface area contributed by atoms with Crippen LogP contribution in [-0.2, 0) is 4.74 Å². The Balaban J connectivity index is 1.69. The predicted octanol–water partition coefficient (Wildman–Crippen LogP) is 2.98. The SMILES string of the molecule is C[C@@H]1CN(c2ccc(NC(=O)N3CCSC3)cc2F)C[C@H](C)O1.